The van der Waals surface area contributed by atoms with Crippen LogP contribution in [0.3, 0.4) is 0 Å². The first-order valence-corrected chi connectivity index (χ1v) is 7.35. The number of benzene rings is 2. The highest BCUT2D eigenvalue weighted by atomic mass is 32.1. The lowest BCUT2D eigenvalue weighted by Gasteiger charge is -2.07. The first-order valence-electron chi connectivity index (χ1n) is 6.47. The normalized spacial score (nSPS) is 10.7. The zero-order valence-corrected chi connectivity index (χ0v) is 12.0. The minimum absolute atomic E-state index is 0.125. The molecule has 1 heterocycles. The number of carbonyl (C=O) groups excluding carboxylic acids is 1. The highest BCUT2D eigenvalue weighted by molar-refractivity contribution is 7.17. The van der Waals surface area contributed by atoms with Gasteiger partial charge in [-0.05, 0) is 24.3 Å². The van der Waals surface area contributed by atoms with Crippen molar-refractivity contribution in [3.8, 4) is 5.75 Å². The van der Waals surface area contributed by atoms with Gasteiger partial charge in [0.25, 0.3) is 5.91 Å². The Labute approximate surface area is 125 Å². The molecule has 1 amide bonds. The van der Waals surface area contributed by atoms with E-state index in [4.69, 9.17) is 5.73 Å². The van der Waals surface area contributed by atoms with Crippen LogP contribution in [0.5, 0.6) is 5.75 Å². The van der Waals surface area contributed by atoms with Crippen LogP contribution in [0.2, 0.25) is 0 Å². The maximum atomic E-state index is 12.3. The molecular weight excluding hydrogens is 284 g/mol. The van der Waals surface area contributed by atoms with Crippen LogP contribution < -0.4 is 11.1 Å². The van der Waals surface area contributed by atoms with Crippen molar-refractivity contribution >= 4 is 33.0 Å². The summed E-state index contributed by atoms with van der Waals surface area (Å²) in [6, 6.07) is 12.6. The number of rotatable bonds is 3. The molecule has 4 nitrogen and oxygen atoms in total. The van der Waals surface area contributed by atoms with Gasteiger partial charge in [0, 0.05) is 33.3 Å². The molecule has 0 aliphatic rings. The van der Waals surface area contributed by atoms with Gasteiger partial charge in [-0.1, -0.05) is 18.2 Å². The Bertz CT molecular complexity index is 811. The van der Waals surface area contributed by atoms with E-state index in [0.717, 1.165) is 10.1 Å². The monoisotopic (exact) mass is 298 g/mol. The summed E-state index contributed by atoms with van der Waals surface area (Å²) in [7, 11) is 0. The number of anilines is 1. The number of hydrogen-bond acceptors (Lipinski definition) is 4. The molecule has 0 unspecified atom stereocenters. The van der Waals surface area contributed by atoms with Gasteiger partial charge in [-0.3, -0.25) is 4.79 Å². The Morgan fingerprint density at radius 1 is 1.24 bits per heavy atom. The van der Waals surface area contributed by atoms with Gasteiger partial charge in [0.15, 0.2) is 0 Å². The molecule has 0 aliphatic heterocycles. The van der Waals surface area contributed by atoms with E-state index in [1.165, 1.54) is 17.4 Å². The zero-order valence-electron chi connectivity index (χ0n) is 11.2. The fraction of sp³-hybridized carbons (Fsp3) is 0.0625. The maximum absolute atomic E-state index is 12.3. The van der Waals surface area contributed by atoms with Gasteiger partial charge < -0.3 is 16.2 Å². The van der Waals surface area contributed by atoms with E-state index in [0.29, 0.717) is 16.8 Å². The number of fused-ring (bicyclic) bond motifs is 1. The molecule has 3 rings (SSSR count). The van der Waals surface area contributed by atoms with Crippen molar-refractivity contribution in [1.29, 1.82) is 0 Å². The Kier molecular flexibility index (Phi) is 3.50. The summed E-state index contributed by atoms with van der Waals surface area (Å²) in [4.78, 5) is 12.3. The van der Waals surface area contributed by atoms with Crippen molar-refractivity contribution in [2.75, 3.05) is 5.73 Å². The fourth-order valence-corrected chi connectivity index (χ4v) is 3.11. The molecule has 5 heteroatoms. The Hall–Kier alpha value is -2.53. The van der Waals surface area contributed by atoms with Gasteiger partial charge in [-0.2, -0.15) is 0 Å². The molecule has 0 saturated heterocycles. The van der Waals surface area contributed by atoms with E-state index in [9.17, 15) is 9.90 Å². The van der Waals surface area contributed by atoms with E-state index >= 15 is 0 Å². The van der Waals surface area contributed by atoms with Crippen molar-refractivity contribution < 1.29 is 9.90 Å². The van der Waals surface area contributed by atoms with E-state index < -0.39 is 0 Å². The third-order valence-electron chi connectivity index (χ3n) is 3.27. The highest BCUT2D eigenvalue weighted by Gasteiger charge is 2.12. The summed E-state index contributed by atoms with van der Waals surface area (Å²) in [6.45, 7) is 0.236. The van der Waals surface area contributed by atoms with Gasteiger partial charge in [0.05, 0.1) is 5.56 Å². The number of hydrogen-bond donors (Lipinski definition) is 3. The van der Waals surface area contributed by atoms with Gasteiger partial charge in [0.1, 0.15) is 5.75 Å². The predicted molar refractivity (Wildman–Crippen MR) is 85.5 cm³/mol. The Morgan fingerprint density at radius 3 is 2.90 bits per heavy atom. The average Bonchev–Trinajstić information content (AvgIpc) is 2.92. The standard InChI is InChI=1S/C16H14N2O2S/c17-11-5-6-14(19)10(7-11)8-18-16(20)13-9-21-15-4-2-1-3-12(13)15/h1-7,9,19H,8,17H2,(H,18,20). The van der Waals surface area contributed by atoms with E-state index in [1.54, 1.807) is 12.1 Å². The van der Waals surface area contributed by atoms with Crippen LogP contribution in [0.1, 0.15) is 15.9 Å². The summed E-state index contributed by atoms with van der Waals surface area (Å²) in [5, 5.41) is 15.3. The molecule has 0 saturated carbocycles. The highest BCUT2D eigenvalue weighted by Crippen LogP contribution is 2.26. The summed E-state index contributed by atoms with van der Waals surface area (Å²) < 4.78 is 1.08. The number of amides is 1. The second kappa shape index (κ2) is 5.46. The van der Waals surface area contributed by atoms with Gasteiger partial charge in [-0.25, -0.2) is 0 Å². The summed E-state index contributed by atoms with van der Waals surface area (Å²) >= 11 is 1.54. The summed E-state index contributed by atoms with van der Waals surface area (Å²) in [5.74, 6) is -0.0334. The molecule has 106 valence electrons. The second-order valence-electron chi connectivity index (χ2n) is 4.72. The van der Waals surface area contributed by atoms with Gasteiger partial charge in [0.2, 0.25) is 0 Å². The van der Waals surface area contributed by atoms with Crippen molar-refractivity contribution in [3.63, 3.8) is 0 Å². The molecular formula is C16H14N2O2S. The molecule has 0 atom stereocenters. The summed E-state index contributed by atoms with van der Waals surface area (Å²) in [6.07, 6.45) is 0. The number of carbonyl (C=O) groups is 1. The van der Waals surface area contributed by atoms with Crippen molar-refractivity contribution in [1.82, 2.24) is 5.32 Å². The zero-order chi connectivity index (χ0) is 14.8. The third-order valence-corrected chi connectivity index (χ3v) is 4.23. The first kappa shape index (κ1) is 13.5. The van der Waals surface area contributed by atoms with Crippen LogP contribution in [-0.4, -0.2) is 11.0 Å². The SMILES string of the molecule is Nc1ccc(O)c(CNC(=O)c2csc3ccccc23)c1. The molecule has 0 radical (unpaired) electrons. The van der Waals surface area contributed by atoms with Crippen molar-refractivity contribution in [2.24, 2.45) is 0 Å². The number of thiophene rings is 1. The van der Waals surface area contributed by atoms with E-state index in [2.05, 4.69) is 5.32 Å². The van der Waals surface area contributed by atoms with Crippen LogP contribution in [0, 0.1) is 0 Å². The number of phenolic OH excluding ortho intramolecular Hbond substituents is 1. The van der Waals surface area contributed by atoms with Crippen molar-refractivity contribution in [2.45, 2.75) is 6.54 Å². The molecule has 3 aromatic rings. The van der Waals surface area contributed by atoms with Crippen LogP contribution in [0.25, 0.3) is 10.1 Å². The Morgan fingerprint density at radius 2 is 2.05 bits per heavy atom. The van der Waals surface area contributed by atoms with Crippen molar-refractivity contribution in [3.05, 3.63) is 59.0 Å². The average molecular weight is 298 g/mol. The van der Waals surface area contributed by atoms with E-state index in [1.807, 2.05) is 29.6 Å². The maximum Gasteiger partial charge on any atom is 0.253 e. The van der Waals surface area contributed by atoms with E-state index in [-0.39, 0.29) is 18.2 Å². The van der Waals surface area contributed by atoms with Crippen LogP contribution in [-0.2, 0) is 6.54 Å². The summed E-state index contributed by atoms with van der Waals surface area (Å²) in [5.41, 5.74) is 7.49. The lowest BCUT2D eigenvalue weighted by atomic mass is 10.1. The number of nitrogens with two attached hydrogens (primary N) is 1. The van der Waals surface area contributed by atoms with Crippen LogP contribution in [0.4, 0.5) is 5.69 Å². The molecule has 1 aromatic heterocycles. The van der Waals surface area contributed by atoms with Crippen LogP contribution >= 0.6 is 11.3 Å². The lowest BCUT2D eigenvalue weighted by Crippen LogP contribution is -2.22. The minimum Gasteiger partial charge on any atom is -0.508 e. The molecule has 0 fully saturated rings. The van der Waals surface area contributed by atoms with Crippen LogP contribution in [0.15, 0.2) is 47.8 Å². The number of nitrogens with one attached hydrogen (secondary N) is 1. The number of phenols is 1. The fourth-order valence-electron chi connectivity index (χ4n) is 2.17. The third kappa shape index (κ3) is 2.68. The molecule has 2 aromatic carbocycles. The number of nitrogen functional groups attached to an aromatic ring is 1. The predicted octanol–water partition coefficient (Wildman–Crippen LogP) is 3.12. The molecule has 0 bridgehead atoms. The van der Waals surface area contributed by atoms with Gasteiger partial charge in [-0.15, -0.1) is 11.3 Å². The topological polar surface area (TPSA) is 75.3 Å². The quantitative estimate of drug-likeness (QED) is 0.513. The Balaban J connectivity index is 1.79. The molecule has 21 heavy (non-hydrogen) atoms. The first-order chi connectivity index (χ1) is 10.1. The lowest BCUT2D eigenvalue weighted by molar-refractivity contribution is 0.0953. The molecule has 0 spiro atoms. The smallest absolute Gasteiger partial charge is 0.253 e. The second-order valence-corrected chi connectivity index (χ2v) is 5.63. The molecule has 0 aliphatic carbocycles. The van der Waals surface area contributed by atoms with Gasteiger partial charge >= 0.3 is 0 Å². The minimum atomic E-state index is -0.158. The largest absolute Gasteiger partial charge is 0.508 e. The number of aromatic hydroxyl groups is 1. The molecule has 4 N–H and O–H groups in total.